The third-order valence-electron chi connectivity index (χ3n) is 2.92. The Balaban J connectivity index is 1.84. The zero-order valence-corrected chi connectivity index (χ0v) is 13.2. The number of nitrogens with one attached hydrogen (secondary N) is 1. The van der Waals surface area contributed by atoms with E-state index in [2.05, 4.69) is 17.2 Å². The molecule has 7 heteroatoms. The number of nitro benzene ring substituents is 1. The van der Waals surface area contributed by atoms with E-state index in [0.29, 0.717) is 10.6 Å². The lowest BCUT2D eigenvalue weighted by Gasteiger charge is -2.04. The van der Waals surface area contributed by atoms with Crippen molar-refractivity contribution in [2.75, 3.05) is 6.54 Å². The molecule has 2 aromatic rings. The first-order chi connectivity index (χ1) is 11.6. The fraction of sp³-hybridized carbons (Fsp3) is 0.118. The first kappa shape index (κ1) is 17.3. The number of benzene rings is 2. The van der Waals surface area contributed by atoms with E-state index >= 15 is 0 Å². The monoisotopic (exact) mass is 344 g/mol. The van der Waals surface area contributed by atoms with E-state index in [1.807, 2.05) is 30.3 Å². The van der Waals surface area contributed by atoms with Crippen molar-refractivity contribution < 1.29 is 14.5 Å². The number of carbonyl (C=O) groups excluding carboxylic acids is 1. The largest absolute Gasteiger partial charge is 0.445 e. The third kappa shape index (κ3) is 5.30. The lowest BCUT2D eigenvalue weighted by atomic mass is 10.2. The Morgan fingerprint density at radius 3 is 2.71 bits per heavy atom. The average molecular weight is 345 g/mol. The van der Waals surface area contributed by atoms with Crippen molar-refractivity contribution in [3.63, 3.8) is 0 Å². The maximum absolute atomic E-state index is 11.5. The average Bonchev–Trinajstić information content (AvgIpc) is 2.59. The number of rotatable bonds is 4. The van der Waals surface area contributed by atoms with Crippen LogP contribution in [0.1, 0.15) is 11.1 Å². The molecule has 0 unspecified atom stereocenters. The van der Waals surface area contributed by atoms with Crippen molar-refractivity contribution in [2.45, 2.75) is 6.61 Å². The molecule has 0 saturated heterocycles. The van der Waals surface area contributed by atoms with Gasteiger partial charge in [0, 0.05) is 12.1 Å². The van der Waals surface area contributed by atoms with Crippen LogP contribution in [0.4, 0.5) is 10.5 Å². The zero-order chi connectivity index (χ0) is 17.4. The van der Waals surface area contributed by atoms with Crippen LogP contribution in [0, 0.1) is 22.0 Å². The molecule has 0 aliphatic carbocycles. The third-order valence-corrected chi connectivity index (χ3v) is 3.25. The van der Waals surface area contributed by atoms with Crippen molar-refractivity contribution in [2.24, 2.45) is 0 Å². The molecule has 0 atom stereocenters. The standard InChI is InChI=1S/C17H13ClN2O4/c18-16-9-8-15(20(22)23)11-14(16)7-4-10-19-17(21)24-12-13-5-2-1-3-6-13/h1-3,5-6,8-9,11H,10,12H2,(H,19,21). The lowest BCUT2D eigenvalue weighted by molar-refractivity contribution is -0.384. The maximum atomic E-state index is 11.5. The molecular weight excluding hydrogens is 332 g/mol. The van der Waals surface area contributed by atoms with Crippen LogP contribution in [-0.2, 0) is 11.3 Å². The lowest BCUT2D eigenvalue weighted by Crippen LogP contribution is -2.24. The molecule has 0 aromatic heterocycles. The molecule has 2 aromatic carbocycles. The van der Waals surface area contributed by atoms with Gasteiger partial charge in [0.05, 0.1) is 22.1 Å². The van der Waals surface area contributed by atoms with Gasteiger partial charge in [0.1, 0.15) is 6.61 Å². The molecule has 0 spiro atoms. The number of nitro groups is 1. The van der Waals surface area contributed by atoms with Crippen LogP contribution in [0.2, 0.25) is 5.02 Å². The molecule has 2 rings (SSSR count). The summed E-state index contributed by atoms with van der Waals surface area (Å²) in [6, 6.07) is 13.3. The molecule has 0 saturated carbocycles. The number of alkyl carbamates (subject to hydrolysis) is 1. The summed E-state index contributed by atoms with van der Waals surface area (Å²) in [5, 5.41) is 13.5. The summed E-state index contributed by atoms with van der Waals surface area (Å²) in [6.45, 7) is 0.198. The number of amides is 1. The highest BCUT2D eigenvalue weighted by atomic mass is 35.5. The van der Waals surface area contributed by atoms with E-state index in [1.165, 1.54) is 18.2 Å². The van der Waals surface area contributed by atoms with Gasteiger partial charge < -0.3 is 10.1 Å². The van der Waals surface area contributed by atoms with E-state index in [-0.39, 0.29) is 18.8 Å². The molecule has 0 bridgehead atoms. The van der Waals surface area contributed by atoms with Gasteiger partial charge in [0.15, 0.2) is 0 Å². The molecule has 0 fully saturated rings. The molecule has 6 nitrogen and oxygen atoms in total. The van der Waals surface area contributed by atoms with Gasteiger partial charge in [0.2, 0.25) is 0 Å². The summed E-state index contributed by atoms with van der Waals surface area (Å²) < 4.78 is 5.02. The fourth-order valence-corrected chi connectivity index (χ4v) is 1.92. The highest BCUT2D eigenvalue weighted by Crippen LogP contribution is 2.20. The quantitative estimate of drug-likeness (QED) is 0.522. The van der Waals surface area contributed by atoms with Gasteiger partial charge >= 0.3 is 6.09 Å². The Morgan fingerprint density at radius 2 is 2.00 bits per heavy atom. The van der Waals surface area contributed by atoms with Crippen LogP contribution in [-0.4, -0.2) is 17.6 Å². The molecule has 122 valence electrons. The Bertz CT molecular complexity index is 797. The predicted octanol–water partition coefficient (Wildman–Crippen LogP) is 3.53. The SMILES string of the molecule is O=C(NCC#Cc1cc([N+](=O)[O-])ccc1Cl)OCc1ccccc1. The highest BCUT2D eigenvalue weighted by molar-refractivity contribution is 6.31. The topological polar surface area (TPSA) is 81.5 Å². The fourth-order valence-electron chi connectivity index (χ4n) is 1.75. The van der Waals surface area contributed by atoms with Crippen LogP contribution in [0.3, 0.4) is 0 Å². The van der Waals surface area contributed by atoms with Gasteiger partial charge in [0.25, 0.3) is 5.69 Å². The molecule has 24 heavy (non-hydrogen) atoms. The number of carbonyl (C=O) groups is 1. The number of halogens is 1. The summed E-state index contributed by atoms with van der Waals surface area (Å²) in [5.41, 5.74) is 1.10. The highest BCUT2D eigenvalue weighted by Gasteiger charge is 2.08. The smallest absolute Gasteiger partial charge is 0.408 e. The molecule has 0 heterocycles. The minimum Gasteiger partial charge on any atom is -0.445 e. The van der Waals surface area contributed by atoms with Crippen molar-refractivity contribution in [3.05, 3.63) is 74.8 Å². The first-order valence-electron chi connectivity index (χ1n) is 6.93. The normalized spacial score (nSPS) is 9.54. The summed E-state index contributed by atoms with van der Waals surface area (Å²) in [5.74, 6) is 5.35. The molecule has 1 N–H and O–H groups in total. The Kier molecular flexibility index (Phi) is 6.17. The number of hydrogen-bond acceptors (Lipinski definition) is 4. The van der Waals surface area contributed by atoms with E-state index in [0.717, 1.165) is 5.56 Å². The van der Waals surface area contributed by atoms with E-state index in [4.69, 9.17) is 16.3 Å². The Labute approximate surface area is 143 Å². The molecular formula is C17H13ClN2O4. The van der Waals surface area contributed by atoms with Gasteiger partial charge in [-0.2, -0.15) is 0 Å². The number of nitrogens with zero attached hydrogens (tertiary/aromatic N) is 1. The minimum atomic E-state index is -0.599. The van der Waals surface area contributed by atoms with Crippen molar-refractivity contribution in [1.82, 2.24) is 5.32 Å². The molecule has 0 aliphatic rings. The number of hydrogen-bond donors (Lipinski definition) is 1. The van der Waals surface area contributed by atoms with Gasteiger partial charge in [-0.15, -0.1) is 0 Å². The Morgan fingerprint density at radius 1 is 1.25 bits per heavy atom. The second kappa shape index (κ2) is 8.56. The number of non-ortho nitro benzene ring substituents is 1. The van der Waals surface area contributed by atoms with Crippen LogP contribution < -0.4 is 5.32 Å². The second-order valence-electron chi connectivity index (χ2n) is 4.64. The molecule has 1 amide bonds. The summed E-state index contributed by atoms with van der Waals surface area (Å²) in [7, 11) is 0. The van der Waals surface area contributed by atoms with Crippen LogP contribution in [0.25, 0.3) is 0 Å². The number of ether oxygens (including phenoxy) is 1. The minimum absolute atomic E-state index is 0.0344. The van der Waals surface area contributed by atoms with Gasteiger partial charge in [-0.25, -0.2) is 4.79 Å². The van der Waals surface area contributed by atoms with Crippen molar-refractivity contribution in [3.8, 4) is 11.8 Å². The van der Waals surface area contributed by atoms with Gasteiger partial charge in [-0.1, -0.05) is 53.8 Å². The van der Waals surface area contributed by atoms with Crippen molar-refractivity contribution in [1.29, 1.82) is 0 Å². The van der Waals surface area contributed by atoms with Crippen molar-refractivity contribution >= 4 is 23.4 Å². The maximum Gasteiger partial charge on any atom is 0.408 e. The zero-order valence-electron chi connectivity index (χ0n) is 12.5. The second-order valence-corrected chi connectivity index (χ2v) is 5.05. The summed E-state index contributed by atoms with van der Waals surface area (Å²) in [6.07, 6.45) is -0.599. The van der Waals surface area contributed by atoms with Gasteiger partial charge in [-0.3, -0.25) is 10.1 Å². The van der Waals surface area contributed by atoms with Crippen LogP contribution in [0.15, 0.2) is 48.5 Å². The predicted molar refractivity (Wildman–Crippen MR) is 89.6 cm³/mol. The van der Waals surface area contributed by atoms with Crippen LogP contribution in [0.5, 0.6) is 0 Å². The van der Waals surface area contributed by atoms with E-state index in [1.54, 1.807) is 0 Å². The summed E-state index contributed by atoms with van der Waals surface area (Å²) >= 11 is 5.92. The van der Waals surface area contributed by atoms with E-state index < -0.39 is 11.0 Å². The summed E-state index contributed by atoms with van der Waals surface area (Å²) in [4.78, 5) is 21.7. The van der Waals surface area contributed by atoms with E-state index in [9.17, 15) is 14.9 Å². The van der Waals surface area contributed by atoms with Crippen LogP contribution >= 0.6 is 11.6 Å². The Hall–Kier alpha value is -3.04. The molecule has 0 aliphatic heterocycles. The first-order valence-corrected chi connectivity index (χ1v) is 7.31. The van der Waals surface area contributed by atoms with Gasteiger partial charge in [-0.05, 0) is 11.6 Å². The molecule has 0 radical (unpaired) electrons.